The zero-order chi connectivity index (χ0) is 41.6. The van der Waals surface area contributed by atoms with E-state index in [9.17, 15) is 14.3 Å². The van der Waals surface area contributed by atoms with Crippen LogP contribution in [0, 0.1) is 0 Å². The predicted molar refractivity (Wildman–Crippen MR) is 242 cm³/mol. The molecule has 0 spiro atoms. The topological polar surface area (TPSA) is 117 Å². The Morgan fingerprint density at radius 1 is 0.544 bits per heavy atom. The molecule has 0 heterocycles. The third-order valence-corrected chi connectivity index (χ3v) is 10.4. The summed E-state index contributed by atoms with van der Waals surface area (Å²) in [5.74, 6) is -0.339. The van der Waals surface area contributed by atoms with E-state index >= 15 is 0 Å². The number of nitrogens with two attached hydrogens (primary N) is 1. The van der Waals surface area contributed by atoms with Crippen molar-refractivity contribution in [1.82, 2.24) is 0 Å². The van der Waals surface area contributed by atoms with Crippen molar-refractivity contribution in [3.63, 3.8) is 0 Å². The summed E-state index contributed by atoms with van der Waals surface area (Å²) in [5.41, 5.74) is 5.37. The minimum atomic E-state index is -4.29. The Hall–Kier alpha value is -2.06. The van der Waals surface area contributed by atoms with Gasteiger partial charge in [0.25, 0.3) is 0 Å². The highest BCUT2D eigenvalue weighted by molar-refractivity contribution is 7.47. The van der Waals surface area contributed by atoms with Crippen LogP contribution in [0.15, 0.2) is 72.9 Å². The summed E-state index contributed by atoms with van der Waals surface area (Å²) in [5, 5.41) is 0. The second kappa shape index (κ2) is 45.0. The van der Waals surface area contributed by atoms with Gasteiger partial charge in [-0.2, -0.15) is 0 Å². The molecule has 57 heavy (non-hydrogen) atoms. The molecule has 9 heteroatoms. The lowest BCUT2D eigenvalue weighted by atomic mass is 10.0. The molecule has 330 valence electrons. The maximum atomic E-state index is 12.6. The normalized spacial score (nSPS) is 14.1. The summed E-state index contributed by atoms with van der Waals surface area (Å²) < 4.78 is 33.5. The Bertz CT molecular complexity index is 1100. The van der Waals surface area contributed by atoms with Gasteiger partial charge in [0, 0.05) is 19.6 Å². The molecule has 0 fully saturated rings. The number of unbranched alkanes of at least 4 members (excludes halogenated alkanes) is 18. The van der Waals surface area contributed by atoms with Crippen LogP contribution >= 0.6 is 7.82 Å². The first-order valence-electron chi connectivity index (χ1n) is 22.9. The van der Waals surface area contributed by atoms with Crippen molar-refractivity contribution in [1.29, 1.82) is 0 Å². The van der Waals surface area contributed by atoms with Gasteiger partial charge in [0.05, 0.1) is 19.8 Å². The summed E-state index contributed by atoms with van der Waals surface area (Å²) in [6.07, 6.45) is 56.4. The molecule has 0 aliphatic heterocycles. The van der Waals surface area contributed by atoms with Gasteiger partial charge in [-0.3, -0.25) is 13.8 Å². The molecule has 2 atom stereocenters. The quantitative estimate of drug-likeness (QED) is 0.0270. The van der Waals surface area contributed by atoms with Crippen molar-refractivity contribution in [2.24, 2.45) is 5.73 Å². The fraction of sp³-hybridized carbons (Fsp3) is 0.729. The largest absolute Gasteiger partial charge is 0.472 e. The molecule has 0 aromatic carbocycles. The summed E-state index contributed by atoms with van der Waals surface area (Å²) in [7, 11) is -4.29. The number of hydrogen-bond acceptors (Lipinski definition) is 7. The number of ether oxygens (including phenoxy) is 2. The number of esters is 1. The first-order valence-corrected chi connectivity index (χ1v) is 24.4. The van der Waals surface area contributed by atoms with Crippen molar-refractivity contribution in [2.45, 2.75) is 193 Å². The van der Waals surface area contributed by atoms with Crippen LogP contribution < -0.4 is 5.73 Å². The van der Waals surface area contributed by atoms with Gasteiger partial charge in [-0.15, -0.1) is 0 Å². The summed E-state index contributed by atoms with van der Waals surface area (Å²) in [6.45, 7) is 4.76. The fourth-order valence-electron chi connectivity index (χ4n) is 6.06. The van der Waals surface area contributed by atoms with Crippen molar-refractivity contribution in [2.75, 3.05) is 33.0 Å². The second-order valence-corrected chi connectivity index (χ2v) is 16.3. The zero-order valence-corrected chi connectivity index (χ0v) is 37.4. The molecule has 0 saturated carbocycles. The number of allylic oxidation sites excluding steroid dienone is 12. The van der Waals surface area contributed by atoms with Crippen molar-refractivity contribution < 1.29 is 32.8 Å². The predicted octanol–water partition coefficient (Wildman–Crippen LogP) is 13.9. The van der Waals surface area contributed by atoms with Crippen LogP contribution in [0.3, 0.4) is 0 Å². The van der Waals surface area contributed by atoms with Gasteiger partial charge in [-0.1, -0.05) is 189 Å². The fourth-order valence-corrected chi connectivity index (χ4v) is 6.82. The highest BCUT2D eigenvalue weighted by Crippen LogP contribution is 2.43. The maximum Gasteiger partial charge on any atom is 0.472 e. The Balaban J connectivity index is 4.05. The summed E-state index contributed by atoms with van der Waals surface area (Å²) in [4.78, 5) is 22.5. The lowest BCUT2D eigenvalue weighted by Crippen LogP contribution is -2.28. The Kier molecular flexibility index (Phi) is 43.4. The molecule has 0 aromatic heterocycles. The highest BCUT2D eigenvalue weighted by atomic mass is 31.2. The monoisotopic (exact) mass is 820 g/mol. The van der Waals surface area contributed by atoms with E-state index in [1.807, 2.05) is 0 Å². The van der Waals surface area contributed by atoms with Crippen LogP contribution in [0.5, 0.6) is 0 Å². The minimum Gasteiger partial charge on any atom is -0.457 e. The van der Waals surface area contributed by atoms with E-state index in [2.05, 4.69) is 86.8 Å². The van der Waals surface area contributed by atoms with Gasteiger partial charge in [-0.25, -0.2) is 4.57 Å². The minimum absolute atomic E-state index is 0.0944. The van der Waals surface area contributed by atoms with Crippen molar-refractivity contribution in [3.8, 4) is 0 Å². The first-order chi connectivity index (χ1) is 27.9. The Morgan fingerprint density at radius 2 is 0.982 bits per heavy atom. The molecule has 0 saturated heterocycles. The summed E-state index contributed by atoms with van der Waals surface area (Å²) >= 11 is 0. The van der Waals surface area contributed by atoms with Gasteiger partial charge in [0.1, 0.15) is 6.10 Å². The van der Waals surface area contributed by atoms with Gasteiger partial charge in [0.15, 0.2) is 0 Å². The zero-order valence-electron chi connectivity index (χ0n) is 36.6. The third-order valence-electron chi connectivity index (χ3n) is 9.39. The van der Waals surface area contributed by atoms with E-state index in [1.165, 1.54) is 83.5 Å². The van der Waals surface area contributed by atoms with Crippen LogP contribution in [0.2, 0.25) is 0 Å². The third kappa shape index (κ3) is 44.9. The number of phosphoric ester groups is 1. The van der Waals surface area contributed by atoms with Crippen molar-refractivity contribution in [3.05, 3.63) is 72.9 Å². The van der Waals surface area contributed by atoms with Gasteiger partial charge < -0.3 is 20.1 Å². The number of rotatable bonds is 43. The molecule has 0 bridgehead atoms. The van der Waals surface area contributed by atoms with E-state index in [4.69, 9.17) is 24.3 Å². The first kappa shape index (κ1) is 54.9. The molecular weight excluding hydrogens is 734 g/mol. The highest BCUT2D eigenvalue weighted by Gasteiger charge is 2.25. The number of phosphoric acid groups is 1. The average Bonchev–Trinajstić information content (AvgIpc) is 3.20. The van der Waals surface area contributed by atoms with E-state index < -0.39 is 13.9 Å². The standard InChI is InChI=1S/C48H86NO7P/c1-3-5-7-9-11-13-15-17-19-20-21-22-23-24-25-26-27-28-30-32-34-36-38-40-43-53-45-47(46-55-57(51,52)54-44-42-49)56-48(50)41-39-37-35-33-31-29-18-16-14-12-10-8-6-4-2/h5,7,11,13,17,19,21-22,24-25,27-28,47H,3-4,6,8-10,12,14-16,18,20,23,26,29-46,49H2,1-2H3,(H,51,52)/b7-5-,13-11-,19-17-,22-21-,25-24-,28-27-. The van der Waals surface area contributed by atoms with Crippen molar-refractivity contribution >= 4 is 13.8 Å². The molecule has 0 aromatic rings. The maximum absolute atomic E-state index is 12.6. The molecule has 2 unspecified atom stereocenters. The molecular formula is C48H86NO7P. The van der Waals surface area contributed by atoms with Gasteiger partial charge >= 0.3 is 13.8 Å². The molecule has 3 N–H and O–H groups in total. The van der Waals surface area contributed by atoms with Crippen LogP contribution in [0.1, 0.15) is 187 Å². The van der Waals surface area contributed by atoms with E-state index in [0.717, 1.165) is 83.5 Å². The van der Waals surface area contributed by atoms with Crippen LogP contribution in [0.4, 0.5) is 0 Å². The SMILES string of the molecule is CC/C=C\C/C=C\C/C=C\C/C=C\C/C=C\C/C=C\CCCCCCCOCC(COP(=O)(O)OCCN)OC(=O)CCCCCCCCCCCCCCCC. The molecule has 0 aliphatic rings. The smallest absolute Gasteiger partial charge is 0.457 e. The lowest BCUT2D eigenvalue weighted by Gasteiger charge is -2.20. The number of carbonyl (C=O) groups excluding carboxylic acids is 1. The van der Waals surface area contributed by atoms with E-state index in [1.54, 1.807) is 0 Å². The van der Waals surface area contributed by atoms with E-state index in [-0.39, 0.29) is 32.3 Å². The van der Waals surface area contributed by atoms with Crippen LogP contribution in [-0.2, 0) is 27.9 Å². The van der Waals surface area contributed by atoms with Gasteiger partial charge in [-0.05, 0) is 64.2 Å². The van der Waals surface area contributed by atoms with E-state index in [0.29, 0.717) is 13.0 Å². The molecule has 0 amide bonds. The molecule has 0 radical (unpaired) electrons. The Morgan fingerprint density at radius 3 is 1.47 bits per heavy atom. The number of carbonyl (C=O) groups is 1. The molecule has 0 rings (SSSR count). The van der Waals surface area contributed by atoms with Crippen LogP contribution in [-0.4, -0.2) is 49.9 Å². The Labute approximate surface area is 350 Å². The average molecular weight is 820 g/mol. The second-order valence-electron chi connectivity index (χ2n) is 14.9. The molecule has 8 nitrogen and oxygen atoms in total. The summed E-state index contributed by atoms with van der Waals surface area (Å²) in [6, 6.07) is 0. The number of hydrogen-bond donors (Lipinski definition) is 2. The van der Waals surface area contributed by atoms with Gasteiger partial charge in [0.2, 0.25) is 0 Å². The lowest BCUT2D eigenvalue weighted by molar-refractivity contribution is -0.154. The van der Waals surface area contributed by atoms with Crippen LogP contribution in [0.25, 0.3) is 0 Å². The molecule has 0 aliphatic carbocycles.